The largest absolute Gasteiger partial charge is 0.309 e. The number of anilines is 1. The molecule has 0 aliphatic rings. The summed E-state index contributed by atoms with van der Waals surface area (Å²) in [6, 6.07) is 11.6. The molecule has 0 unspecified atom stereocenters. The summed E-state index contributed by atoms with van der Waals surface area (Å²) in [6.45, 7) is 0. The van der Waals surface area contributed by atoms with Crippen molar-refractivity contribution in [3.05, 3.63) is 64.0 Å². The molecule has 0 fully saturated rings. The normalized spacial score (nSPS) is 10.7. The summed E-state index contributed by atoms with van der Waals surface area (Å²) in [5.41, 5.74) is 1.15. The van der Waals surface area contributed by atoms with Gasteiger partial charge in [-0.3, -0.25) is 4.79 Å². The predicted molar refractivity (Wildman–Crippen MR) is 104 cm³/mol. The van der Waals surface area contributed by atoms with Crippen molar-refractivity contribution >= 4 is 46.7 Å². The third kappa shape index (κ3) is 4.75. The topological polar surface area (TPSA) is 72.7 Å². The highest BCUT2D eigenvalue weighted by atomic mass is 35.5. The minimum Gasteiger partial charge on any atom is -0.309 e. The molecule has 1 amide bonds. The van der Waals surface area contributed by atoms with Crippen LogP contribution in [-0.4, -0.2) is 31.4 Å². The molecular weight excluding hydrogens is 393 g/mol. The number of pyridine rings is 1. The first-order valence-electron chi connectivity index (χ1n) is 7.69. The molecule has 6 nitrogen and oxygen atoms in total. The van der Waals surface area contributed by atoms with Crippen molar-refractivity contribution in [2.75, 3.05) is 11.1 Å². The van der Waals surface area contributed by atoms with Crippen molar-refractivity contribution in [2.45, 2.75) is 11.6 Å². The molecule has 9 heteroatoms. The molecule has 1 aromatic carbocycles. The molecule has 3 aromatic rings. The number of carbonyl (C=O) groups excluding carboxylic acids is 1. The number of nitrogens with zero attached hydrogens (tertiary/aromatic N) is 4. The van der Waals surface area contributed by atoms with Gasteiger partial charge in [0.2, 0.25) is 5.91 Å². The maximum atomic E-state index is 12.1. The summed E-state index contributed by atoms with van der Waals surface area (Å²) in [5, 5.41) is 12.4. The summed E-state index contributed by atoms with van der Waals surface area (Å²) in [6.07, 6.45) is 2.11. The number of halogens is 2. The highest BCUT2D eigenvalue weighted by molar-refractivity contribution is 7.99. The lowest BCUT2D eigenvalue weighted by Crippen LogP contribution is -2.15. The number of thioether (sulfide) groups is 1. The van der Waals surface area contributed by atoms with Gasteiger partial charge in [-0.15, -0.1) is 10.2 Å². The van der Waals surface area contributed by atoms with Crippen LogP contribution in [0.2, 0.25) is 10.0 Å². The Balaban J connectivity index is 1.58. The first-order chi connectivity index (χ1) is 12.5. The zero-order valence-corrected chi connectivity index (χ0v) is 16.1. The fourth-order valence-electron chi connectivity index (χ4n) is 2.21. The molecule has 2 aromatic heterocycles. The van der Waals surface area contributed by atoms with E-state index in [-0.39, 0.29) is 17.5 Å². The minimum atomic E-state index is -0.237. The fraction of sp³-hybridized carbons (Fsp3) is 0.176. The molecular formula is C17H15Cl2N5OS. The van der Waals surface area contributed by atoms with Gasteiger partial charge < -0.3 is 9.88 Å². The van der Waals surface area contributed by atoms with Crippen LogP contribution in [0.1, 0.15) is 11.4 Å². The van der Waals surface area contributed by atoms with Crippen LogP contribution in [0.15, 0.2) is 47.8 Å². The molecule has 0 spiro atoms. The number of aromatic nitrogens is 4. The third-order valence-corrected chi connectivity index (χ3v) is 5.04. The van der Waals surface area contributed by atoms with Crippen molar-refractivity contribution in [3.8, 4) is 0 Å². The third-order valence-electron chi connectivity index (χ3n) is 3.53. The quantitative estimate of drug-likeness (QED) is 0.628. The van der Waals surface area contributed by atoms with E-state index in [1.165, 1.54) is 24.0 Å². The van der Waals surface area contributed by atoms with Gasteiger partial charge in [0.1, 0.15) is 5.82 Å². The Labute approximate surface area is 164 Å². The SMILES string of the molecule is Cn1c(Cc2ccccc2)nnc1SCC(=O)Nc1ncc(Cl)cc1Cl. The Morgan fingerprint density at radius 2 is 2.00 bits per heavy atom. The second-order valence-electron chi connectivity index (χ2n) is 5.44. The highest BCUT2D eigenvalue weighted by Gasteiger charge is 2.13. The second-order valence-corrected chi connectivity index (χ2v) is 7.23. The zero-order valence-electron chi connectivity index (χ0n) is 13.8. The van der Waals surface area contributed by atoms with Gasteiger partial charge in [0.15, 0.2) is 11.0 Å². The lowest BCUT2D eigenvalue weighted by molar-refractivity contribution is -0.113. The monoisotopic (exact) mass is 407 g/mol. The van der Waals surface area contributed by atoms with Gasteiger partial charge >= 0.3 is 0 Å². The van der Waals surface area contributed by atoms with Gasteiger partial charge in [0, 0.05) is 19.7 Å². The summed E-state index contributed by atoms with van der Waals surface area (Å²) in [4.78, 5) is 16.1. The van der Waals surface area contributed by atoms with Crippen molar-refractivity contribution in [1.29, 1.82) is 0 Å². The van der Waals surface area contributed by atoms with E-state index in [4.69, 9.17) is 23.2 Å². The Bertz CT molecular complexity index is 917. The van der Waals surface area contributed by atoms with Gasteiger partial charge in [-0.05, 0) is 11.6 Å². The molecule has 0 radical (unpaired) electrons. The predicted octanol–water partition coefficient (Wildman–Crippen LogP) is 3.84. The Hall–Kier alpha value is -2.09. The molecule has 2 heterocycles. The van der Waals surface area contributed by atoms with Crippen molar-refractivity contribution in [3.63, 3.8) is 0 Å². The lowest BCUT2D eigenvalue weighted by atomic mass is 10.1. The van der Waals surface area contributed by atoms with Crippen LogP contribution < -0.4 is 5.32 Å². The van der Waals surface area contributed by atoms with Gasteiger partial charge in [-0.25, -0.2) is 4.98 Å². The van der Waals surface area contributed by atoms with Crippen LogP contribution in [0.5, 0.6) is 0 Å². The summed E-state index contributed by atoms with van der Waals surface area (Å²) in [5.74, 6) is 1.04. The number of rotatable bonds is 6. The summed E-state index contributed by atoms with van der Waals surface area (Å²) >= 11 is 13.1. The maximum absolute atomic E-state index is 12.1. The van der Waals surface area contributed by atoms with Crippen LogP contribution in [0, 0.1) is 0 Å². The minimum absolute atomic E-state index is 0.165. The number of carbonyl (C=O) groups is 1. The number of benzene rings is 1. The Morgan fingerprint density at radius 1 is 1.23 bits per heavy atom. The molecule has 0 bridgehead atoms. The molecule has 0 saturated heterocycles. The number of hydrogen-bond donors (Lipinski definition) is 1. The second kappa shape index (κ2) is 8.53. The van der Waals surface area contributed by atoms with Gasteiger partial charge in [-0.1, -0.05) is 65.3 Å². The highest BCUT2D eigenvalue weighted by Crippen LogP contribution is 2.23. The van der Waals surface area contributed by atoms with Crippen LogP contribution in [0.3, 0.4) is 0 Å². The Kier molecular flexibility index (Phi) is 6.13. The van der Waals surface area contributed by atoms with Crippen molar-refractivity contribution < 1.29 is 4.79 Å². The fourth-order valence-corrected chi connectivity index (χ4v) is 3.37. The lowest BCUT2D eigenvalue weighted by Gasteiger charge is -2.06. The van der Waals surface area contributed by atoms with E-state index in [1.807, 2.05) is 41.9 Å². The van der Waals surface area contributed by atoms with Crippen LogP contribution in [0.4, 0.5) is 5.82 Å². The van der Waals surface area contributed by atoms with Crippen molar-refractivity contribution in [2.24, 2.45) is 7.05 Å². The molecule has 134 valence electrons. The van der Waals surface area contributed by atoms with Crippen molar-refractivity contribution in [1.82, 2.24) is 19.7 Å². The molecule has 0 saturated carbocycles. The van der Waals surface area contributed by atoms with Gasteiger partial charge in [-0.2, -0.15) is 0 Å². The molecule has 0 aliphatic carbocycles. The molecule has 0 atom stereocenters. The first kappa shape index (κ1) is 18.7. The van der Waals surface area contributed by atoms with E-state index in [9.17, 15) is 4.79 Å². The van der Waals surface area contributed by atoms with E-state index in [1.54, 1.807) is 0 Å². The summed E-state index contributed by atoms with van der Waals surface area (Å²) < 4.78 is 1.89. The average molecular weight is 408 g/mol. The number of hydrogen-bond acceptors (Lipinski definition) is 5. The number of nitrogens with one attached hydrogen (secondary N) is 1. The Morgan fingerprint density at radius 3 is 2.73 bits per heavy atom. The molecule has 0 aliphatic heterocycles. The number of amides is 1. The van der Waals surface area contributed by atoms with Crippen LogP contribution in [0.25, 0.3) is 0 Å². The van der Waals surface area contributed by atoms with E-state index < -0.39 is 0 Å². The first-order valence-corrected chi connectivity index (χ1v) is 9.43. The van der Waals surface area contributed by atoms with Gasteiger partial charge in [0.05, 0.1) is 15.8 Å². The molecule has 3 rings (SSSR count). The molecule has 26 heavy (non-hydrogen) atoms. The smallest absolute Gasteiger partial charge is 0.236 e. The average Bonchev–Trinajstić information content (AvgIpc) is 2.96. The maximum Gasteiger partial charge on any atom is 0.236 e. The van der Waals surface area contributed by atoms with E-state index in [2.05, 4.69) is 20.5 Å². The van der Waals surface area contributed by atoms with E-state index >= 15 is 0 Å². The van der Waals surface area contributed by atoms with Gasteiger partial charge in [0.25, 0.3) is 0 Å². The van der Waals surface area contributed by atoms with Crippen LogP contribution >= 0.6 is 35.0 Å². The standard InChI is InChI=1S/C17H15Cl2N5OS/c1-24-14(7-11-5-3-2-4-6-11)22-23-17(24)26-10-15(25)21-16-13(19)8-12(18)9-20-16/h2-6,8-9H,7,10H2,1H3,(H,20,21,25). The summed E-state index contributed by atoms with van der Waals surface area (Å²) in [7, 11) is 1.89. The van der Waals surface area contributed by atoms with E-state index in [0.29, 0.717) is 21.6 Å². The zero-order chi connectivity index (χ0) is 18.5. The van der Waals surface area contributed by atoms with Crippen LogP contribution in [-0.2, 0) is 18.3 Å². The molecule has 1 N–H and O–H groups in total. The van der Waals surface area contributed by atoms with E-state index in [0.717, 1.165) is 11.4 Å².